The van der Waals surface area contributed by atoms with Crippen molar-refractivity contribution in [2.45, 2.75) is 20.4 Å². The van der Waals surface area contributed by atoms with E-state index in [0.29, 0.717) is 5.56 Å². The van der Waals surface area contributed by atoms with Crippen LogP contribution in [0.15, 0.2) is 42.6 Å². The van der Waals surface area contributed by atoms with E-state index in [4.69, 9.17) is 0 Å². The van der Waals surface area contributed by atoms with Crippen LogP contribution in [0.4, 0.5) is 5.69 Å². The number of benzene rings is 1. The van der Waals surface area contributed by atoms with Crippen molar-refractivity contribution < 1.29 is 4.79 Å². The van der Waals surface area contributed by atoms with Gasteiger partial charge in [0.2, 0.25) is 0 Å². The summed E-state index contributed by atoms with van der Waals surface area (Å²) in [5.74, 6) is -0.112. The normalized spacial score (nSPS) is 10.3. The molecule has 0 unspecified atom stereocenters. The van der Waals surface area contributed by atoms with Crippen molar-refractivity contribution in [2.24, 2.45) is 0 Å². The lowest BCUT2D eigenvalue weighted by atomic mass is 10.1. The Hall–Kier alpha value is -2.20. The molecule has 4 nitrogen and oxygen atoms in total. The first-order chi connectivity index (χ1) is 9.70. The number of rotatable bonds is 5. The molecule has 1 aromatic heterocycles. The number of hydrogen-bond acceptors (Lipinski definition) is 3. The third-order valence-corrected chi connectivity index (χ3v) is 2.99. The zero-order valence-corrected chi connectivity index (χ0v) is 11.8. The largest absolute Gasteiger partial charge is 0.322 e. The maximum atomic E-state index is 12.2. The van der Waals surface area contributed by atoms with E-state index >= 15 is 0 Å². The fourth-order valence-electron chi connectivity index (χ4n) is 1.94. The molecule has 20 heavy (non-hydrogen) atoms. The number of nitrogens with one attached hydrogen (secondary N) is 2. The van der Waals surface area contributed by atoms with Gasteiger partial charge in [-0.25, -0.2) is 0 Å². The molecule has 4 heteroatoms. The van der Waals surface area contributed by atoms with Crippen LogP contribution in [-0.2, 0) is 6.54 Å². The first kappa shape index (κ1) is 14.2. The number of nitrogens with zero attached hydrogens (tertiary/aromatic N) is 1. The summed E-state index contributed by atoms with van der Waals surface area (Å²) >= 11 is 0. The highest BCUT2D eigenvalue weighted by Crippen LogP contribution is 2.16. The first-order valence-electron chi connectivity index (χ1n) is 6.73. The van der Waals surface area contributed by atoms with Crippen LogP contribution in [0.1, 0.15) is 28.5 Å². The topological polar surface area (TPSA) is 54.0 Å². The lowest BCUT2D eigenvalue weighted by Crippen LogP contribution is -2.17. The van der Waals surface area contributed by atoms with Crippen LogP contribution in [0.2, 0.25) is 0 Å². The molecule has 1 aromatic carbocycles. The van der Waals surface area contributed by atoms with E-state index in [1.165, 1.54) is 0 Å². The van der Waals surface area contributed by atoms with Crippen LogP contribution in [0.3, 0.4) is 0 Å². The molecule has 0 atom stereocenters. The quantitative estimate of drug-likeness (QED) is 0.877. The molecule has 2 N–H and O–H groups in total. The molecule has 0 saturated carbocycles. The highest BCUT2D eigenvalue weighted by atomic mass is 16.1. The molecular weight excluding hydrogens is 250 g/mol. The fourth-order valence-corrected chi connectivity index (χ4v) is 1.94. The van der Waals surface area contributed by atoms with Gasteiger partial charge in [0.25, 0.3) is 5.91 Å². The molecule has 0 saturated heterocycles. The monoisotopic (exact) mass is 269 g/mol. The third kappa shape index (κ3) is 3.65. The van der Waals surface area contributed by atoms with Gasteiger partial charge >= 0.3 is 0 Å². The second-order valence-electron chi connectivity index (χ2n) is 4.58. The highest BCUT2D eigenvalue weighted by Gasteiger charge is 2.08. The minimum absolute atomic E-state index is 0.112. The number of amides is 1. The first-order valence-corrected chi connectivity index (χ1v) is 6.73. The summed E-state index contributed by atoms with van der Waals surface area (Å²) in [6.45, 7) is 5.56. The van der Waals surface area contributed by atoms with E-state index < -0.39 is 0 Å². The van der Waals surface area contributed by atoms with Gasteiger partial charge in [0.15, 0.2) is 0 Å². The molecule has 0 aliphatic rings. The van der Waals surface area contributed by atoms with Crippen LogP contribution in [0.25, 0.3) is 0 Å². The second-order valence-corrected chi connectivity index (χ2v) is 4.58. The number of hydrogen-bond donors (Lipinski definition) is 2. The van der Waals surface area contributed by atoms with Crippen molar-refractivity contribution in [3.05, 3.63) is 59.4 Å². The molecule has 0 aliphatic carbocycles. The van der Waals surface area contributed by atoms with E-state index in [0.717, 1.165) is 30.0 Å². The number of para-hydroxylation sites is 1. The Morgan fingerprint density at radius 3 is 2.80 bits per heavy atom. The maximum Gasteiger partial charge on any atom is 0.255 e. The summed E-state index contributed by atoms with van der Waals surface area (Å²) in [6, 6.07) is 11.3. The van der Waals surface area contributed by atoms with Crippen molar-refractivity contribution in [2.75, 3.05) is 11.9 Å². The van der Waals surface area contributed by atoms with Crippen LogP contribution < -0.4 is 10.6 Å². The molecule has 0 bridgehead atoms. The summed E-state index contributed by atoms with van der Waals surface area (Å²) in [5, 5.41) is 6.22. The molecule has 0 radical (unpaired) electrons. The number of anilines is 1. The highest BCUT2D eigenvalue weighted by molar-refractivity contribution is 6.04. The van der Waals surface area contributed by atoms with Crippen LogP contribution in [0, 0.1) is 6.92 Å². The second kappa shape index (κ2) is 6.82. The van der Waals surface area contributed by atoms with Crippen molar-refractivity contribution >= 4 is 11.6 Å². The predicted octanol–water partition coefficient (Wildman–Crippen LogP) is 2.75. The maximum absolute atomic E-state index is 12.2. The Morgan fingerprint density at radius 1 is 1.25 bits per heavy atom. The van der Waals surface area contributed by atoms with Crippen molar-refractivity contribution in [3.8, 4) is 0 Å². The molecule has 1 heterocycles. The zero-order valence-electron chi connectivity index (χ0n) is 11.8. The summed E-state index contributed by atoms with van der Waals surface area (Å²) in [4.78, 5) is 16.3. The molecule has 0 aliphatic heterocycles. The Labute approximate surface area is 119 Å². The molecule has 104 valence electrons. The number of carbonyl (C=O) groups excluding carboxylic acids is 1. The Morgan fingerprint density at radius 2 is 2.05 bits per heavy atom. The van der Waals surface area contributed by atoms with Crippen molar-refractivity contribution in [1.29, 1.82) is 0 Å². The van der Waals surface area contributed by atoms with Crippen molar-refractivity contribution in [3.63, 3.8) is 0 Å². The Bertz CT molecular complexity index is 596. The van der Waals surface area contributed by atoms with Crippen LogP contribution >= 0.6 is 0 Å². The number of aryl methyl sites for hydroxylation is 1. The Balaban J connectivity index is 2.15. The molecule has 0 spiro atoms. The van der Waals surface area contributed by atoms with Gasteiger partial charge < -0.3 is 10.6 Å². The average molecular weight is 269 g/mol. The van der Waals surface area contributed by atoms with Gasteiger partial charge in [-0.05, 0) is 37.2 Å². The van der Waals surface area contributed by atoms with Gasteiger partial charge in [-0.2, -0.15) is 0 Å². The molecule has 0 fully saturated rings. The smallest absolute Gasteiger partial charge is 0.255 e. The van der Waals surface area contributed by atoms with Crippen LogP contribution in [-0.4, -0.2) is 17.4 Å². The van der Waals surface area contributed by atoms with E-state index in [-0.39, 0.29) is 5.91 Å². The lowest BCUT2D eigenvalue weighted by Gasteiger charge is -2.11. The summed E-state index contributed by atoms with van der Waals surface area (Å²) in [5.41, 5.74) is 3.37. The summed E-state index contributed by atoms with van der Waals surface area (Å²) < 4.78 is 0. The third-order valence-electron chi connectivity index (χ3n) is 2.99. The van der Waals surface area contributed by atoms with Gasteiger partial charge in [0, 0.05) is 29.7 Å². The molecule has 2 aromatic rings. The minimum Gasteiger partial charge on any atom is -0.322 e. The average Bonchev–Trinajstić information content (AvgIpc) is 2.46. The predicted molar refractivity (Wildman–Crippen MR) is 80.7 cm³/mol. The van der Waals surface area contributed by atoms with Gasteiger partial charge in [-0.1, -0.05) is 25.1 Å². The molecule has 1 amide bonds. The summed E-state index contributed by atoms with van der Waals surface area (Å²) in [6.07, 6.45) is 1.65. The number of carbonyl (C=O) groups is 1. The van der Waals surface area contributed by atoms with Gasteiger partial charge in [0.1, 0.15) is 0 Å². The minimum atomic E-state index is -0.112. The molecular formula is C16H19N3O. The van der Waals surface area contributed by atoms with E-state index in [9.17, 15) is 4.79 Å². The number of pyridine rings is 1. The van der Waals surface area contributed by atoms with Gasteiger partial charge in [-0.15, -0.1) is 0 Å². The zero-order chi connectivity index (χ0) is 14.4. The summed E-state index contributed by atoms with van der Waals surface area (Å²) in [7, 11) is 0. The van der Waals surface area contributed by atoms with E-state index in [1.807, 2.05) is 31.2 Å². The van der Waals surface area contributed by atoms with E-state index in [1.54, 1.807) is 18.3 Å². The van der Waals surface area contributed by atoms with Gasteiger partial charge in [-0.3, -0.25) is 9.78 Å². The fraction of sp³-hybridized carbons (Fsp3) is 0.250. The lowest BCUT2D eigenvalue weighted by molar-refractivity contribution is 0.102. The molecule has 2 rings (SSSR count). The Kier molecular flexibility index (Phi) is 4.85. The standard InChI is InChI=1S/C16H19N3O/c1-3-17-11-14-6-4-5-7-15(14)19-16(20)13-8-9-18-12(2)10-13/h4-10,17H,3,11H2,1-2H3,(H,19,20). The van der Waals surface area contributed by atoms with Crippen LogP contribution in [0.5, 0.6) is 0 Å². The van der Waals surface area contributed by atoms with E-state index in [2.05, 4.69) is 22.5 Å². The number of aromatic nitrogens is 1. The van der Waals surface area contributed by atoms with Crippen molar-refractivity contribution in [1.82, 2.24) is 10.3 Å². The SMILES string of the molecule is CCNCc1ccccc1NC(=O)c1ccnc(C)c1. The van der Waals surface area contributed by atoms with Gasteiger partial charge in [0.05, 0.1) is 0 Å².